The highest BCUT2D eigenvalue weighted by Crippen LogP contribution is 2.08. The Morgan fingerprint density at radius 1 is 1.47 bits per heavy atom. The predicted octanol–water partition coefficient (Wildman–Crippen LogP) is 1.64. The minimum Gasteiger partial charge on any atom is -0.478 e. The van der Waals surface area contributed by atoms with Gasteiger partial charge in [-0.15, -0.1) is 0 Å². The van der Waals surface area contributed by atoms with Crippen LogP contribution >= 0.6 is 0 Å². The number of hydrogen-bond donors (Lipinski definition) is 3. The van der Waals surface area contributed by atoms with Crippen molar-refractivity contribution < 1.29 is 15.0 Å². The fourth-order valence-corrected chi connectivity index (χ4v) is 1.42. The molecule has 4 nitrogen and oxygen atoms in total. The van der Waals surface area contributed by atoms with E-state index in [2.05, 4.69) is 5.32 Å². The van der Waals surface area contributed by atoms with E-state index in [4.69, 9.17) is 5.11 Å². The molecule has 0 saturated carbocycles. The zero-order valence-corrected chi connectivity index (χ0v) is 10.2. The summed E-state index contributed by atoms with van der Waals surface area (Å²) in [5.74, 6) is -0.924. The largest absolute Gasteiger partial charge is 0.478 e. The maximum atomic E-state index is 10.8. The molecule has 0 amide bonds. The summed E-state index contributed by atoms with van der Waals surface area (Å²) in [6.45, 7) is 4.73. The Morgan fingerprint density at radius 2 is 2.18 bits per heavy atom. The molecule has 0 fully saturated rings. The van der Waals surface area contributed by atoms with Gasteiger partial charge in [-0.05, 0) is 31.0 Å². The molecule has 0 aliphatic carbocycles. The van der Waals surface area contributed by atoms with Crippen molar-refractivity contribution in [2.45, 2.75) is 32.4 Å². The summed E-state index contributed by atoms with van der Waals surface area (Å²) in [7, 11) is 0. The molecule has 17 heavy (non-hydrogen) atoms. The highest BCUT2D eigenvalue weighted by Gasteiger charge is 2.16. The molecule has 0 heterocycles. The summed E-state index contributed by atoms with van der Waals surface area (Å²) in [5, 5.41) is 21.7. The molecule has 0 aromatic heterocycles. The highest BCUT2D eigenvalue weighted by atomic mass is 16.4. The third-order valence-corrected chi connectivity index (χ3v) is 2.77. The third kappa shape index (κ3) is 4.54. The number of benzene rings is 1. The first-order valence-corrected chi connectivity index (χ1v) is 5.70. The van der Waals surface area contributed by atoms with Crippen LogP contribution in [0.3, 0.4) is 0 Å². The lowest BCUT2D eigenvalue weighted by atomic mass is 10.0. The molecule has 0 bridgehead atoms. The van der Waals surface area contributed by atoms with Gasteiger partial charge in [0.1, 0.15) is 0 Å². The normalized spacial score (nSPS) is 14.3. The molecule has 0 spiro atoms. The number of carboxylic acid groups (broad SMARTS) is 1. The van der Waals surface area contributed by atoms with Crippen LogP contribution in [0.15, 0.2) is 24.3 Å². The van der Waals surface area contributed by atoms with Crippen molar-refractivity contribution in [3.8, 4) is 0 Å². The quantitative estimate of drug-likeness (QED) is 0.703. The first kappa shape index (κ1) is 13.7. The second-order valence-corrected chi connectivity index (χ2v) is 4.46. The number of carbonyl (C=O) groups is 1. The van der Waals surface area contributed by atoms with Crippen LogP contribution in [0.1, 0.15) is 36.2 Å². The predicted molar refractivity (Wildman–Crippen MR) is 66.0 cm³/mol. The van der Waals surface area contributed by atoms with Crippen LogP contribution in [0.4, 0.5) is 0 Å². The van der Waals surface area contributed by atoms with Gasteiger partial charge in [0, 0.05) is 13.1 Å². The fourth-order valence-electron chi connectivity index (χ4n) is 1.42. The Balaban J connectivity index is 2.52. The van der Waals surface area contributed by atoms with Gasteiger partial charge in [0.2, 0.25) is 0 Å². The van der Waals surface area contributed by atoms with Gasteiger partial charge in [0.05, 0.1) is 11.2 Å². The summed E-state index contributed by atoms with van der Waals surface area (Å²) >= 11 is 0. The molecule has 1 aromatic rings. The maximum Gasteiger partial charge on any atom is 0.335 e. The Labute approximate surface area is 101 Å². The molecule has 4 heteroatoms. The number of rotatable bonds is 6. The minimum atomic E-state index is -0.924. The molecule has 1 unspecified atom stereocenters. The van der Waals surface area contributed by atoms with E-state index in [1.165, 1.54) is 0 Å². The summed E-state index contributed by atoms with van der Waals surface area (Å²) < 4.78 is 0. The topological polar surface area (TPSA) is 69.6 Å². The molecule has 1 rings (SSSR count). The molecule has 0 aliphatic heterocycles. The van der Waals surface area contributed by atoms with E-state index in [9.17, 15) is 9.90 Å². The van der Waals surface area contributed by atoms with Gasteiger partial charge in [0.25, 0.3) is 0 Å². The van der Waals surface area contributed by atoms with E-state index in [-0.39, 0.29) is 5.56 Å². The van der Waals surface area contributed by atoms with Crippen LogP contribution in [-0.2, 0) is 6.54 Å². The van der Waals surface area contributed by atoms with Gasteiger partial charge in [-0.3, -0.25) is 0 Å². The first-order chi connectivity index (χ1) is 7.94. The Kier molecular flexibility index (Phi) is 4.66. The van der Waals surface area contributed by atoms with Crippen molar-refractivity contribution >= 4 is 5.97 Å². The smallest absolute Gasteiger partial charge is 0.335 e. The van der Waals surface area contributed by atoms with Crippen molar-refractivity contribution in [3.63, 3.8) is 0 Å². The lowest BCUT2D eigenvalue weighted by molar-refractivity contribution is 0.0555. The van der Waals surface area contributed by atoms with E-state index in [0.717, 1.165) is 5.56 Å². The first-order valence-electron chi connectivity index (χ1n) is 5.70. The van der Waals surface area contributed by atoms with Crippen molar-refractivity contribution in [1.82, 2.24) is 5.32 Å². The highest BCUT2D eigenvalue weighted by molar-refractivity contribution is 5.87. The van der Waals surface area contributed by atoms with Crippen LogP contribution in [0.5, 0.6) is 0 Å². The average molecular weight is 237 g/mol. The monoisotopic (exact) mass is 237 g/mol. The average Bonchev–Trinajstić information content (AvgIpc) is 2.29. The summed E-state index contributed by atoms with van der Waals surface area (Å²) in [6.07, 6.45) is 0.676. The second-order valence-electron chi connectivity index (χ2n) is 4.46. The van der Waals surface area contributed by atoms with E-state index in [0.29, 0.717) is 19.5 Å². The third-order valence-electron chi connectivity index (χ3n) is 2.77. The summed E-state index contributed by atoms with van der Waals surface area (Å²) in [5.41, 5.74) is 0.466. The Bertz CT molecular complexity index is 388. The second kappa shape index (κ2) is 5.80. The van der Waals surface area contributed by atoms with Gasteiger partial charge in [0.15, 0.2) is 0 Å². The lowest BCUT2D eigenvalue weighted by Gasteiger charge is -2.21. The molecular weight excluding hydrogens is 218 g/mol. The lowest BCUT2D eigenvalue weighted by Crippen LogP contribution is -2.36. The van der Waals surface area contributed by atoms with E-state index >= 15 is 0 Å². The SMILES string of the molecule is CCC(C)(O)CNCc1cccc(C(=O)O)c1. The molecule has 1 atom stereocenters. The number of aliphatic hydroxyl groups is 1. The number of aromatic carboxylic acids is 1. The molecule has 0 radical (unpaired) electrons. The van der Waals surface area contributed by atoms with Gasteiger partial charge in [-0.1, -0.05) is 19.1 Å². The Morgan fingerprint density at radius 3 is 2.76 bits per heavy atom. The van der Waals surface area contributed by atoms with Gasteiger partial charge in [-0.25, -0.2) is 4.79 Å². The fraction of sp³-hybridized carbons (Fsp3) is 0.462. The van der Waals surface area contributed by atoms with Crippen molar-refractivity contribution in [2.24, 2.45) is 0 Å². The van der Waals surface area contributed by atoms with Crippen LogP contribution in [0, 0.1) is 0 Å². The van der Waals surface area contributed by atoms with Gasteiger partial charge < -0.3 is 15.5 Å². The van der Waals surface area contributed by atoms with Crippen molar-refractivity contribution in [1.29, 1.82) is 0 Å². The van der Waals surface area contributed by atoms with Gasteiger partial charge in [-0.2, -0.15) is 0 Å². The zero-order valence-electron chi connectivity index (χ0n) is 10.2. The molecule has 94 valence electrons. The zero-order chi connectivity index (χ0) is 12.9. The van der Waals surface area contributed by atoms with Gasteiger partial charge >= 0.3 is 5.97 Å². The van der Waals surface area contributed by atoms with E-state index in [1.807, 2.05) is 13.0 Å². The summed E-state index contributed by atoms with van der Waals surface area (Å²) in [4.78, 5) is 10.8. The molecule has 0 aliphatic rings. The summed E-state index contributed by atoms with van der Waals surface area (Å²) in [6, 6.07) is 6.78. The number of nitrogens with one attached hydrogen (secondary N) is 1. The standard InChI is InChI=1S/C13H19NO3/c1-3-13(2,17)9-14-8-10-5-4-6-11(7-10)12(15)16/h4-7,14,17H,3,8-9H2,1-2H3,(H,15,16). The Hall–Kier alpha value is -1.39. The minimum absolute atomic E-state index is 0.284. The van der Waals surface area contributed by atoms with Crippen molar-refractivity contribution in [3.05, 3.63) is 35.4 Å². The van der Waals surface area contributed by atoms with Crippen LogP contribution in [0.2, 0.25) is 0 Å². The number of carboxylic acids is 1. The maximum absolute atomic E-state index is 10.8. The van der Waals surface area contributed by atoms with Crippen LogP contribution in [-0.4, -0.2) is 28.3 Å². The molecule has 1 aromatic carbocycles. The van der Waals surface area contributed by atoms with Crippen molar-refractivity contribution in [2.75, 3.05) is 6.54 Å². The number of hydrogen-bond acceptors (Lipinski definition) is 3. The molecule has 3 N–H and O–H groups in total. The van der Waals surface area contributed by atoms with Crippen LogP contribution in [0.25, 0.3) is 0 Å². The van der Waals surface area contributed by atoms with E-state index < -0.39 is 11.6 Å². The van der Waals surface area contributed by atoms with Crippen LogP contribution < -0.4 is 5.32 Å². The molecular formula is C13H19NO3. The molecule has 0 saturated heterocycles. The van der Waals surface area contributed by atoms with E-state index in [1.54, 1.807) is 25.1 Å².